The van der Waals surface area contributed by atoms with Gasteiger partial charge in [0.05, 0.1) is 0 Å². The van der Waals surface area contributed by atoms with Crippen LogP contribution in [0, 0.1) is 5.82 Å². The molecule has 114 valence electrons. The zero-order valence-electron chi connectivity index (χ0n) is 12.0. The molecule has 0 aliphatic heterocycles. The smallest absolute Gasteiger partial charge is 0.251 e. The highest BCUT2D eigenvalue weighted by Gasteiger charge is 2.07. The fourth-order valence-corrected chi connectivity index (χ4v) is 1.91. The van der Waals surface area contributed by atoms with E-state index in [0.29, 0.717) is 11.1 Å². The van der Waals surface area contributed by atoms with Gasteiger partial charge in [-0.05, 0) is 18.2 Å². The number of carbonyl (C=O) groups excluding carboxylic acids is 2. The molecule has 0 radical (unpaired) electrons. The van der Waals surface area contributed by atoms with Gasteiger partial charge in [0.1, 0.15) is 5.82 Å². The quantitative estimate of drug-likeness (QED) is 0.860. The molecule has 0 bridgehead atoms. The van der Waals surface area contributed by atoms with Crippen LogP contribution in [0.25, 0.3) is 0 Å². The minimum Gasteiger partial charge on any atom is -0.352 e. The Kier molecular flexibility index (Phi) is 5.65. The summed E-state index contributed by atoms with van der Waals surface area (Å²) in [6.45, 7) is 0.370. The molecule has 2 amide bonds. The maximum absolute atomic E-state index is 13.4. The third kappa shape index (κ3) is 4.70. The normalized spacial score (nSPS) is 10.0. The third-order valence-corrected chi connectivity index (χ3v) is 3.11. The molecule has 0 saturated carbocycles. The van der Waals surface area contributed by atoms with Crippen LogP contribution in [0.15, 0.2) is 54.6 Å². The van der Waals surface area contributed by atoms with Gasteiger partial charge in [0.2, 0.25) is 5.91 Å². The highest BCUT2D eigenvalue weighted by Crippen LogP contribution is 2.05. The van der Waals surface area contributed by atoms with Crippen LogP contribution in [0.1, 0.15) is 22.3 Å². The molecule has 0 spiro atoms. The van der Waals surface area contributed by atoms with Crippen molar-refractivity contribution in [2.45, 2.75) is 13.0 Å². The average Bonchev–Trinajstić information content (AvgIpc) is 2.55. The monoisotopic (exact) mass is 300 g/mol. The van der Waals surface area contributed by atoms with E-state index in [1.807, 2.05) is 6.07 Å². The lowest BCUT2D eigenvalue weighted by molar-refractivity contribution is -0.121. The van der Waals surface area contributed by atoms with Crippen molar-refractivity contribution in [1.82, 2.24) is 10.6 Å². The number of nitrogens with one attached hydrogen (secondary N) is 2. The van der Waals surface area contributed by atoms with Gasteiger partial charge in [0, 0.05) is 30.6 Å². The number of amides is 2. The molecule has 5 heteroatoms. The molecule has 0 heterocycles. The summed E-state index contributed by atoms with van der Waals surface area (Å²) < 4.78 is 13.4. The van der Waals surface area contributed by atoms with Crippen molar-refractivity contribution in [1.29, 1.82) is 0 Å². The van der Waals surface area contributed by atoms with Gasteiger partial charge in [-0.3, -0.25) is 9.59 Å². The summed E-state index contributed by atoms with van der Waals surface area (Å²) in [6.07, 6.45) is 0.146. The van der Waals surface area contributed by atoms with Crippen LogP contribution < -0.4 is 10.6 Å². The van der Waals surface area contributed by atoms with Crippen LogP contribution in [0.4, 0.5) is 4.39 Å². The first-order chi connectivity index (χ1) is 10.7. The van der Waals surface area contributed by atoms with Gasteiger partial charge in [-0.1, -0.05) is 36.4 Å². The Bertz CT molecular complexity index is 644. The van der Waals surface area contributed by atoms with Gasteiger partial charge in [-0.15, -0.1) is 0 Å². The maximum atomic E-state index is 13.4. The molecule has 0 aliphatic carbocycles. The summed E-state index contributed by atoms with van der Waals surface area (Å²) in [5.74, 6) is -0.806. The Morgan fingerprint density at radius 2 is 1.59 bits per heavy atom. The van der Waals surface area contributed by atoms with Crippen molar-refractivity contribution in [3.05, 3.63) is 71.5 Å². The van der Waals surface area contributed by atoms with Crippen LogP contribution in [-0.2, 0) is 11.3 Å². The number of halogens is 1. The fourth-order valence-electron chi connectivity index (χ4n) is 1.91. The van der Waals surface area contributed by atoms with E-state index in [2.05, 4.69) is 10.6 Å². The number of rotatable bonds is 6. The number of hydrogen-bond donors (Lipinski definition) is 2. The molecule has 4 nitrogen and oxygen atoms in total. The molecule has 0 saturated heterocycles. The molecule has 0 aliphatic rings. The molecule has 0 aromatic heterocycles. The summed E-state index contributed by atoms with van der Waals surface area (Å²) in [7, 11) is 0. The molecule has 0 fully saturated rings. The lowest BCUT2D eigenvalue weighted by Crippen LogP contribution is -2.30. The maximum Gasteiger partial charge on any atom is 0.251 e. The van der Waals surface area contributed by atoms with Crippen molar-refractivity contribution in [2.75, 3.05) is 6.54 Å². The molecule has 2 rings (SSSR count). The first kappa shape index (κ1) is 15.7. The second-order valence-corrected chi connectivity index (χ2v) is 4.74. The lowest BCUT2D eigenvalue weighted by atomic mass is 10.2. The molecular formula is C17H17FN2O2. The van der Waals surface area contributed by atoms with Crippen LogP contribution in [0.3, 0.4) is 0 Å². The standard InChI is InChI=1S/C17H17FN2O2/c18-15-9-5-4-8-14(15)12-20-16(21)10-11-19-17(22)13-6-2-1-3-7-13/h1-9H,10-12H2,(H,19,22)(H,20,21). The third-order valence-electron chi connectivity index (χ3n) is 3.11. The van der Waals surface area contributed by atoms with Crippen molar-refractivity contribution >= 4 is 11.8 Å². The zero-order chi connectivity index (χ0) is 15.8. The van der Waals surface area contributed by atoms with E-state index < -0.39 is 0 Å². The van der Waals surface area contributed by atoms with Gasteiger partial charge >= 0.3 is 0 Å². The number of hydrogen-bond acceptors (Lipinski definition) is 2. The summed E-state index contributed by atoms with van der Waals surface area (Å²) in [4.78, 5) is 23.4. The van der Waals surface area contributed by atoms with E-state index in [0.717, 1.165) is 0 Å². The predicted molar refractivity (Wildman–Crippen MR) is 81.6 cm³/mol. The van der Waals surface area contributed by atoms with Crippen molar-refractivity contribution in [2.24, 2.45) is 0 Å². The van der Waals surface area contributed by atoms with Gasteiger partial charge < -0.3 is 10.6 Å². The molecular weight excluding hydrogens is 283 g/mol. The molecule has 2 N–H and O–H groups in total. The van der Waals surface area contributed by atoms with E-state index in [9.17, 15) is 14.0 Å². The van der Waals surface area contributed by atoms with Crippen molar-refractivity contribution < 1.29 is 14.0 Å². The summed E-state index contributed by atoms with van der Waals surface area (Å²) in [5.41, 5.74) is 0.985. The zero-order valence-corrected chi connectivity index (χ0v) is 12.0. The van der Waals surface area contributed by atoms with E-state index in [-0.39, 0.29) is 37.1 Å². The number of carbonyl (C=O) groups is 2. The van der Waals surface area contributed by atoms with E-state index in [4.69, 9.17) is 0 Å². The van der Waals surface area contributed by atoms with Crippen LogP contribution in [-0.4, -0.2) is 18.4 Å². The Labute approximate surface area is 128 Å². The summed E-state index contributed by atoms with van der Waals surface area (Å²) in [6, 6.07) is 15.1. The molecule has 22 heavy (non-hydrogen) atoms. The first-order valence-corrected chi connectivity index (χ1v) is 7.00. The Hall–Kier alpha value is -2.69. The second-order valence-electron chi connectivity index (χ2n) is 4.74. The largest absolute Gasteiger partial charge is 0.352 e. The second kappa shape index (κ2) is 7.93. The SMILES string of the molecule is O=C(CCNC(=O)c1ccccc1)NCc1ccccc1F. The molecule has 0 unspecified atom stereocenters. The van der Waals surface area contributed by atoms with E-state index in [1.54, 1.807) is 42.5 Å². The van der Waals surface area contributed by atoms with E-state index >= 15 is 0 Å². The Morgan fingerprint density at radius 1 is 0.909 bits per heavy atom. The highest BCUT2D eigenvalue weighted by molar-refractivity contribution is 5.94. The minimum absolute atomic E-state index is 0.137. The topological polar surface area (TPSA) is 58.2 Å². The first-order valence-electron chi connectivity index (χ1n) is 7.00. The highest BCUT2D eigenvalue weighted by atomic mass is 19.1. The van der Waals surface area contributed by atoms with Crippen molar-refractivity contribution in [3.8, 4) is 0 Å². The van der Waals surface area contributed by atoms with E-state index in [1.165, 1.54) is 6.07 Å². The van der Waals surface area contributed by atoms with Crippen LogP contribution in [0.5, 0.6) is 0 Å². The predicted octanol–water partition coefficient (Wildman–Crippen LogP) is 2.26. The van der Waals surface area contributed by atoms with Crippen LogP contribution in [0.2, 0.25) is 0 Å². The Morgan fingerprint density at radius 3 is 2.32 bits per heavy atom. The minimum atomic E-state index is -0.347. The Balaban J connectivity index is 1.70. The number of benzene rings is 2. The average molecular weight is 300 g/mol. The van der Waals surface area contributed by atoms with Crippen molar-refractivity contribution in [3.63, 3.8) is 0 Å². The van der Waals surface area contributed by atoms with Gasteiger partial charge in [0.25, 0.3) is 5.91 Å². The summed E-state index contributed by atoms with van der Waals surface area (Å²) in [5, 5.41) is 5.29. The van der Waals surface area contributed by atoms with Gasteiger partial charge in [-0.2, -0.15) is 0 Å². The molecule has 2 aromatic rings. The van der Waals surface area contributed by atoms with Gasteiger partial charge in [0.15, 0.2) is 0 Å². The summed E-state index contributed by atoms with van der Waals surface area (Å²) >= 11 is 0. The lowest BCUT2D eigenvalue weighted by Gasteiger charge is -2.07. The van der Waals surface area contributed by atoms with Crippen LogP contribution >= 0.6 is 0 Å². The molecule has 2 aromatic carbocycles. The van der Waals surface area contributed by atoms with Gasteiger partial charge in [-0.25, -0.2) is 4.39 Å². The fraction of sp³-hybridized carbons (Fsp3) is 0.176. The molecule has 0 atom stereocenters.